The molecule has 1 heterocycles. The van der Waals surface area contributed by atoms with E-state index in [0.29, 0.717) is 13.1 Å². The fourth-order valence-electron chi connectivity index (χ4n) is 1.47. The Morgan fingerprint density at radius 1 is 1.53 bits per heavy atom. The van der Waals surface area contributed by atoms with E-state index in [9.17, 15) is 9.59 Å². The topological polar surface area (TPSA) is 70.7 Å². The van der Waals surface area contributed by atoms with Crippen molar-refractivity contribution < 1.29 is 14.3 Å². The van der Waals surface area contributed by atoms with Gasteiger partial charge in [0.05, 0.1) is 6.10 Å². The summed E-state index contributed by atoms with van der Waals surface area (Å²) < 4.78 is 5.31. The zero-order chi connectivity index (χ0) is 13.1. The third kappa shape index (κ3) is 5.04. The lowest BCUT2D eigenvalue weighted by atomic mass is 10.1. The largest absolute Gasteiger partial charge is 0.365 e. The Bertz CT molecular complexity index is 299. The fraction of sp³-hybridized carbons (Fsp3) is 0.818. The molecule has 0 aromatic rings. The number of likely N-dealkylation sites (N-methyl/N-ethyl adjacent to an activating group) is 1. The van der Waals surface area contributed by atoms with Crippen LogP contribution in [-0.4, -0.2) is 55.2 Å². The Hall–Kier alpha value is -1.30. The summed E-state index contributed by atoms with van der Waals surface area (Å²) in [5.41, 5.74) is -0.260. The molecule has 0 saturated carbocycles. The summed E-state index contributed by atoms with van der Waals surface area (Å²) in [4.78, 5) is 24.3. The van der Waals surface area contributed by atoms with Gasteiger partial charge in [-0.25, -0.2) is 4.79 Å². The summed E-state index contributed by atoms with van der Waals surface area (Å²) in [6.45, 7) is 6.74. The summed E-state index contributed by atoms with van der Waals surface area (Å²) in [5, 5.41) is 5.52. The van der Waals surface area contributed by atoms with Gasteiger partial charge in [-0.2, -0.15) is 0 Å². The van der Waals surface area contributed by atoms with Crippen molar-refractivity contribution in [2.45, 2.75) is 32.4 Å². The number of hydrogen-bond donors (Lipinski definition) is 2. The van der Waals surface area contributed by atoms with Crippen molar-refractivity contribution in [3.63, 3.8) is 0 Å². The molecule has 0 radical (unpaired) electrons. The Kier molecular flexibility index (Phi) is 4.34. The molecule has 0 aromatic carbocycles. The van der Waals surface area contributed by atoms with Gasteiger partial charge in [-0.05, 0) is 20.8 Å². The number of nitrogens with zero attached hydrogens (tertiary/aromatic N) is 1. The molecule has 6 heteroatoms. The van der Waals surface area contributed by atoms with Crippen molar-refractivity contribution in [2.24, 2.45) is 0 Å². The van der Waals surface area contributed by atoms with Crippen molar-refractivity contribution >= 4 is 11.9 Å². The summed E-state index contributed by atoms with van der Waals surface area (Å²) in [5.74, 6) is -0.0274. The molecule has 98 valence electrons. The second kappa shape index (κ2) is 5.35. The maximum atomic E-state index is 11.5. The number of carbonyl (C=O) groups is 2. The minimum Gasteiger partial charge on any atom is -0.365 e. The standard InChI is InChI=1S/C11H21N3O3/c1-11(2,3)13-10(16)12-5-8-6-14(4)9(15)7-17-8/h8H,5-7H2,1-4H3,(H2,12,13,16). The van der Waals surface area contributed by atoms with E-state index >= 15 is 0 Å². The van der Waals surface area contributed by atoms with Crippen LogP contribution >= 0.6 is 0 Å². The van der Waals surface area contributed by atoms with E-state index < -0.39 is 0 Å². The van der Waals surface area contributed by atoms with Crippen LogP contribution in [0.1, 0.15) is 20.8 Å². The van der Waals surface area contributed by atoms with Crippen LogP contribution in [0, 0.1) is 0 Å². The van der Waals surface area contributed by atoms with Crippen molar-refractivity contribution in [3.05, 3.63) is 0 Å². The van der Waals surface area contributed by atoms with E-state index in [1.165, 1.54) is 0 Å². The zero-order valence-electron chi connectivity index (χ0n) is 10.9. The number of rotatable bonds is 2. The molecule has 1 unspecified atom stereocenters. The number of morpholine rings is 1. The van der Waals surface area contributed by atoms with Crippen LogP contribution in [0.4, 0.5) is 4.79 Å². The van der Waals surface area contributed by atoms with Gasteiger partial charge in [0.2, 0.25) is 5.91 Å². The van der Waals surface area contributed by atoms with Crippen LogP contribution in [0.15, 0.2) is 0 Å². The minimum absolute atomic E-state index is 0.0274. The van der Waals surface area contributed by atoms with Gasteiger partial charge in [0, 0.05) is 25.7 Å². The molecule has 6 nitrogen and oxygen atoms in total. The van der Waals surface area contributed by atoms with Crippen molar-refractivity contribution in [2.75, 3.05) is 26.7 Å². The number of urea groups is 1. The number of carbonyl (C=O) groups excluding carboxylic acids is 2. The van der Waals surface area contributed by atoms with Crippen LogP contribution in [0.25, 0.3) is 0 Å². The second-order valence-corrected chi connectivity index (χ2v) is 5.29. The molecular weight excluding hydrogens is 222 g/mol. The second-order valence-electron chi connectivity index (χ2n) is 5.29. The van der Waals surface area contributed by atoms with Crippen LogP contribution < -0.4 is 10.6 Å². The first-order chi connectivity index (χ1) is 7.78. The Morgan fingerprint density at radius 3 is 2.71 bits per heavy atom. The predicted molar refractivity (Wildman–Crippen MR) is 63.7 cm³/mol. The molecule has 0 aromatic heterocycles. The molecule has 17 heavy (non-hydrogen) atoms. The molecule has 0 aliphatic carbocycles. The molecule has 0 spiro atoms. The van der Waals surface area contributed by atoms with E-state index in [1.807, 2.05) is 20.8 Å². The van der Waals surface area contributed by atoms with Gasteiger partial charge in [0.15, 0.2) is 0 Å². The van der Waals surface area contributed by atoms with Gasteiger partial charge < -0.3 is 20.3 Å². The van der Waals surface area contributed by atoms with Crippen molar-refractivity contribution in [3.8, 4) is 0 Å². The van der Waals surface area contributed by atoms with Crippen LogP contribution in [0.3, 0.4) is 0 Å². The lowest BCUT2D eigenvalue weighted by molar-refractivity contribution is -0.146. The van der Waals surface area contributed by atoms with Crippen molar-refractivity contribution in [1.29, 1.82) is 0 Å². The molecule has 1 aliphatic heterocycles. The first-order valence-electron chi connectivity index (χ1n) is 5.69. The molecule has 1 fully saturated rings. The quantitative estimate of drug-likeness (QED) is 0.714. The molecule has 1 saturated heterocycles. The van der Waals surface area contributed by atoms with Gasteiger partial charge in [0.25, 0.3) is 0 Å². The summed E-state index contributed by atoms with van der Waals surface area (Å²) in [7, 11) is 1.73. The summed E-state index contributed by atoms with van der Waals surface area (Å²) >= 11 is 0. The number of nitrogens with one attached hydrogen (secondary N) is 2. The van der Waals surface area contributed by atoms with Gasteiger partial charge in [-0.15, -0.1) is 0 Å². The highest BCUT2D eigenvalue weighted by Gasteiger charge is 2.24. The normalized spacial score (nSPS) is 21.3. The molecule has 1 rings (SSSR count). The van der Waals surface area contributed by atoms with Gasteiger partial charge in [-0.1, -0.05) is 0 Å². The molecule has 3 amide bonds. The molecule has 1 atom stereocenters. The highest BCUT2D eigenvalue weighted by atomic mass is 16.5. The van der Waals surface area contributed by atoms with Gasteiger partial charge >= 0.3 is 6.03 Å². The number of amides is 3. The Morgan fingerprint density at radius 2 is 2.18 bits per heavy atom. The first-order valence-corrected chi connectivity index (χ1v) is 5.69. The van der Waals surface area contributed by atoms with Gasteiger partial charge in [0.1, 0.15) is 6.61 Å². The SMILES string of the molecule is CN1CC(CNC(=O)NC(C)(C)C)OCC1=O. The predicted octanol–water partition coefficient (Wildman–Crippen LogP) is -0.0587. The maximum absolute atomic E-state index is 11.5. The number of hydrogen-bond acceptors (Lipinski definition) is 3. The van der Waals surface area contributed by atoms with Crippen molar-refractivity contribution in [1.82, 2.24) is 15.5 Å². The van der Waals surface area contributed by atoms with E-state index in [4.69, 9.17) is 4.74 Å². The fourth-order valence-corrected chi connectivity index (χ4v) is 1.47. The highest BCUT2D eigenvalue weighted by molar-refractivity contribution is 5.78. The third-order valence-corrected chi connectivity index (χ3v) is 2.32. The highest BCUT2D eigenvalue weighted by Crippen LogP contribution is 2.03. The Balaban J connectivity index is 2.27. The average Bonchev–Trinajstić information content (AvgIpc) is 2.17. The van der Waals surface area contributed by atoms with E-state index in [1.54, 1.807) is 11.9 Å². The lowest BCUT2D eigenvalue weighted by Gasteiger charge is -2.30. The lowest BCUT2D eigenvalue weighted by Crippen LogP contribution is -2.52. The Labute approximate surface area is 102 Å². The smallest absolute Gasteiger partial charge is 0.315 e. The monoisotopic (exact) mass is 243 g/mol. The zero-order valence-corrected chi connectivity index (χ0v) is 10.9. The molecular formula is C11H21N3O3. The van der Waals surface area contributed by atoms with Crippen LogP contribution in [0.5, 0.6) is 0 Å². The van der Waals surface area contributed by atoms with Crippen LogP contribution in [0.2, 0.25) is 0 Å². The minimum atomic E-state index is -0.260. The van der Waals surface area contributed by atoms with Gasteiger partial charge in [-0.3, -0.25) is 4.79 Å². The van der Waals surface area contributed by atoms with E-state index in [0.717, 1.165) is 0 Å². The average molecular weight is 243 g/mol. The van der Waals surface area contributed by atoms with E-state index in [-0.39, 0.29) is 30.2 Å². The van der Waals surface area contributed by atoms with Crippen LogP contribution in [-0.2, 0) is 9.53 Å². The molecule has 1 aliphatic rings. The molecule has 2 N–H and O–H groups in total. The number of ether oxygens (including phenoxy) is 1. The summed E-state index contributed by atoms with van der Waals surface area (Å²) in [6.07, 6.45) is -0.136. The van der Waals surface area contributed by atoms with E-state index in [2.05, 4.69) is 10.6 Å². The summed E-state index contributed by atoms with van der Waals surface area (Å²) in [6, 6.07) is -0.222. The third-order valence-electron chi connectivity index (χ3n) is 2.32. The first kappa shape index (κ1) is 13.8. The maximum Gasteiger partial charge on any atom is 0.315 e. The molecule has 0 bridgehead atoms.